The van der Waals surface area contributed by atoms with E-state index >= 15 is 0 Å². The molecule has 1 N–H and O–H groups in total. The second-order valence-electron chi connectivity index (χ2n) is 3.46. The summed E-state index contributed by atoms with van der Waals surface area (Å²) < 4.78 is 23.9. The third-order valence-corrected chi connectivity index (χ3v) is 3.28. The van der Waals surface area contributed by atoms with Crippen molar-refractivity contribution in [2.45, 2.75) is 12.5 Å². The average Bonchev–Trinajstić information content (AvgIpc) is 2.76. The van der Waals surface area contributed by atoms with E-state index in [9.17, 15) is 8.78 Å². The Morgan fingerprint density at radius 1 is 1.38 bits per heavy atom. The van der Waals surface area contributed by atoms with E-state index < -0.39 is 13.0 Å². The van der Waals surface area contributed by atoms with Crippen LogP contribution in [0.5, 0.6) is 0 Å². The quantitative estimate of drug-likeness (QED) is 0.881. The lowest BCUT2D eigenvalue weighted by Crippen LogP contribution is -2.19. The van der Waals surface area contributed by atoms with Gasteiger partial charge in [-0.3, -0.25) is 4.99 Å². The molecule has 1 heterocycles. The Labute approximate surface area is 97.1 Å². The number of amidine groups is 1. The van der Waals surface area contributed by atoms with Crippen LogP contribution in [0.2, 0.25) is 0 Å². The summed E-state index contributed by atoms with van der Waals surface area (Å²) >= 11 is 1.49. The van der Waals surface area contributed by atoms with Crippen LogP contribution in [0.4, 0.5) is 8.78 Å². The molecule has 5 heteroatoms. The van der Waals surface area contributed by atoms with E-state index in [2.05, 4.69) is 10.3 Å². The predicted octanol–water partition coefficient (Wildman–Crippen LogP) is 2.69. The number of aliphatic imine (C=N–C) groups is 1. The molecule has 1 aromatic rings. The summed E-state index contributed by atoms with van der Waals surface area (Å²) in [6.07, 6.45) is -2.37. The molecule has 2 rings (SSSR count). The molecule has 1 atom stereocenters. The van der Waals surface area contributed by atoms with Crippen molar-refractivity contribution < 1.29 is 8.78 Å². The van der Waals surface area contributed by atoms with Gasteiger partial charge >= 0.3 is 0 Å². The minimum Gasteiger partial charge on any atom is -0.357 e. The molecule has 86 valence electrons. The van der Waals surface area contributed by atoms with Crippen LogP contribution in [0.3, 0.4) is 0 Å². The molecule has 0 aliphatic carbocycles. The van der Waals surface area contributed by atoms with Gasteiger partial charge in [-0.15, -0.1) is 0 Å². The fraction of sp³-hybridized carbons (Fsp3) is 0.364. The van der Waals surface area contributed by atoms with Crippen LogP contribution in [0.15, 0.2) is 35.3 Å². The van der Waals surface area contributed by atoms with Crippen molar-refractivity contribution in [3.8, 4) is 0 Å². The van der Waals surface area contributed by atoms with Crippen LogP contribution in [-0.4, -0.2) is 23.9 Å². The van der Waals surface area contributed by atoms with Crippen LogP contribution in [0, 0.1) is 0 Å². The number of rotatable bonds is 3. The van der Waals surface area contributed by atoms with Gasteiger partial charge in [0.05, 0.1) is 6.04 Å². The first-order chi connectivity index (χ1) is 7.75. The lowest BCUT2D eigenvalue weighted by Gasteiger charge is -2.09. The maximum Gasteiger partial charge on any atom is 0.257 e. The molecular weight excluding hydrogens is 230 g/mol. The van der Waals surface area contributed by atoms with E-state index in [0.29, 0.717) is 5.17 Å². The molecule has 0 saturated carbocycles. The Balaban J connectivity index is 1.96. The zero-order valence-electron chi connectivity index (χ0n) is 8.57. The Kier molecular flexibility index (Phi) is 3.77. The topological polar surface area (TPSA) is 24.4 Å². The normalized spacial score (nSPS) is 22.7. The highest BCUT2D eigenvalue weighted by molar-refractivity contribution is 8.14. The second-order valence-corrected chi connectivity index (χ2v) is 4.46. The van der Waals surface area contributed by atoms with Crippen molar-refractivity contribution >= 4 is 16.9 Å². The van der Waals surface area contributed by atoms with Gasteiger partial charge in [-0.1, -0.05) is 42.1 Å². The molecule has 1 unspecified atom stereocenters. The third kappa shape index (κ3) is 2.95. The van der Waals surface area contributed by atoms with Crippen molar-refractivity contribution in [3.05, 3.63) is 35.9 Å². The lowest BCUT2D eigenvalue weighted by molar-refractivity contribution is 0.159. The van der Waals surface area contributed by atoms with Gasteiger partial charge in [-0.05, 0) is 5.56 Å². The Bertz CT molecular complexity index is 368. The first-order valence-electron chi connectivity index (χ1n) is 5.02. The smallest absolute Gasteiger partial charge is 0.257 e. The summed E-state index contributed by atoms with van der Waals surface area (Å²) in [5, 5.41) is 3.76. The molecule has 1 saturated heterocycles. The van der Waals surface area contributed by atoms with Gasteiger partial charge < -0.3 is 5.32 Å². The monoisotopic (exact) mass is 242 g/mol. The van der Waals surface area contributed by atoms with Crippen molar-refractivity contribution in [2.75, 3.05) is 12.3 Å². The summed E-state index contributed by atoms with van der Waals surface area (Å²) in [7, 11) is 0. The number of hydrogen-bond acceptors (Lipinski definition) is 2. The van der Waals surface area contributed by atoms with E-state index in [0.717, 1.165) is 11.3 Å². The standard InChI is InChI=1S/C11H12F2N2S/c12-10(13)6-14-11-15-9(7-16-11)8-4-2-1-3-5-8/h1-5,9-10H,6-7H2,(H,14,15). The maximum atomic E-state index is 12.0. The third-order valence-electron chi connectivity index (χ3n) is 2.26. The second kappa shape index (κ2) is 5.30. The zero-order chi connectivity index (χ0) is 11.4. The van der Waals surface area contributed by atoms with Crippen molar-refractivity contribution in [2.24, 2.45) is 4.99 Å². The highest BCUT2D eigenvalue weighted by Crippen LogP contribution is 2.25. The first kappa shape index (κ1) is 11.4. The summed E-state index contributed by atoms with van der Waals surface area (Å²) in [5.41, 5.74) is 1.16. The van der Waals surface area contributed by atoms with Gasteiger partial charge in [0, 0.05) is 5.75 Å². The van der Waals surface area contributed by atoms with Crippen LogP contribution < -0.4 is 5.32 Å². The maximum absolute atomic E-state index is 12.0. The SMILES string of the molecule is FC(F)CN=C1NC(c2ccccc2)CS1. The van der Waals surface area contributed by atoms with Gasteiger partial charge in [0.1, 0.15) is 6.54 Å². The molecule has 1 fully saturated rings. The minimum absolute atomic E-state index is 0.183. The molecule has 1 aliphatic rings. The van der Waals surface area contributed by atoms with Crippen molar-refractivity contribution in [3.63, 3.8) is 0 Å². The molecule has 16 heavy (non-hydrogen) atoms. The minimum atomic E-state index is -2.37. The fourth-order valence-electron chi connectivity index (χ4n) is 1.50. The van der Waals surface area contributed by atoms with Crippen molar-refractivity contribution in [1.29, 1.82) is 0 Å². The molecule has 0 radical (unpaired) electrons. The van der Waals surface area contributed by atoms with Gasteiger partial charge in [-0.25, -0.2) is 8.78 Å². The number of nitrogens with zero attached hydrogens (tertiary/aromatic N) is 1. The highest BCUT2D eigenvalue weighted by atomic mass is 32.2. The first-order valence-corrected chi connectivity index (χ1v) is 6.01. The van der Waals surface area contributed by atoms with Crippen LogP contribution >= 0.6 is 11.8 Å². The number of thioether (sulfide) groups is 1. The lowest BCUT2D eigenvalue weighted by atomic mass is 10.1. The van der Waals surface area contributed by atoms with E-state index in [1.807, 2.05) is 30.3 Å². The molecule has 0 bridgehead atoms. The van der Waals surface area contributed by atoms with E-state index in [4.69, 9.17) is 0 Å². The summed E-state index contributed by atoms with van der Waals surface area (Å²) in [5.74, 6) is 0.839. The van der Waals surface area contributed by atoms with Crippen LogP contribution in [-0.2, 0) is 0 Å². The molecule has 1 aromatic carbocycles. The molecule has 0 spiro atoms. The average molecular weight is 242 g/mol. The number of alkyl halides is 2. The summed E-state index contributed by atoms with van der Waals surface area (Å²) in [4.78, 5) is 3.82. The predicted molar refractivity (Wildman–Crippen MR) is 63.1 cm³/mol. The van der Waals surface area contributed by atoms with Gasteiger partial charge in [0.2, 0.25) is 0 Å². The van der Waals surface area contributed by atoms with Gasteiger partial charge in [0.25, 0.3) is 6.43 Å². The van der Waals surface area contributed by atoms with E-state index in [-0.39, 0.29) is 6.04 Å². The number of hydrogen-bond donors (Lipinski definition) is 1. The Hall–Kier alpha value is -1.10. The number of halogens is 2. The molecule has 0 aromatic heterocycles. The number of benzene rings is 1. The molecular formula is C11H12F2N2S. The van der Waals surface area contributed by atoms with Crippen LogP contribution in [0.1, 0.15) is 11.6 Å². The van der Waals surface area contributed by atoms with Gasteiger partial charge in [0.15, 0.2) is 5.17 Å². The van der Waals surface area contributed by atoms with E-state index in [1.165, 1.54) is 11.8 Å². The largest absolute Gasteiger partial charge is 0.357 e. The van der Waals surface area contributed by atoms with E-state index in [1.54, 1.807) is 0 Å². The van der Waals surface area contributed by atoms with Crippen LogP contribution in [0.25, 0.3) is 0 Å². The fourth-order valence-corrected chi connectivity index (χ4v) is 2.49. The Morgan fingerprint density at radius 3 is 2.81 bits per heavy atom. The van der Waals surface area contributed by atoms with Crippen molar-refractivity contribution in [1.82, 2.24) is 5.32 Å². The van der Waals surface area contributed by atoms with Gasteiger partial charge in [-0.2, -0.15) is 0 Å². The summed E-state index contributed by atoms with van der Waals surface area (Å²) in [6, 6.07) is 10.1. The highest BCUT2D eigenvalue weighted by Gasteiger charge is 2.21. The summed E-state index contributed by atoms with van der Waals surface area (Å²) in [6.45, 7) is -0.420. The molecule has 1 aliphatic heterocycles. The molecule has 0 amide bonds. The number of nitrogens with one attached hydrogen (secondary N) is 1. The zero-order valence-corrected chi connectivity index (χ0v) is 9.38. The Morgan fingerprint density at radius 2 is 2.12 bits per heavy atom. The molecule has 2 nitrogen and oxygen atoms in total.